The van der Waals surface area contributed by atoms with Gasteiger partial charge >= 0.3 is 0 Å². The Labute approximate surface area is 99.8 Å². The lowest BCUT2D eigenvalue weighted by atomic mass is 10.1. The first-order valence-electron chi connectivity index (χ1n) is 5.20. The van der Waals surface area contributed by atoms with Crippen LogP contribution in [0.3, 0.4) is 0 Å². The summed E-state index contributed by atoms with van der Waals surface area (Å²) in [6, 6.07) is 3.74. The van der Waals surface area contributed by atoms with E-state index in [1.807, 2.05) is 17.5 Å². The number of aliphatic hydroxyl groups is 1. The molecule has 0 aliphatic heterocycles. The maximum absolute atomic E-state index is 11.4. The Balaban J connectivity index is 2.42. The summed E-state index contributed by atoms with van der Waals surface area (Å²) in [6.07, 6.45) is 2.79. The van der Waals surface area contributed by atoms with Crippen LogP contribution in [0, 0.1) is 0 Å². The highest BCUT2D eigenvalue weighted by Crippen LogP contribution is 2.24. The van der Waals surface area contributed by atoms with E-state index in [-0.39, 0.29) is 12.5 Å². The average molecular weight is 239 g/mol. The first-order chi connectivity index (χ1) is 7.56. The Morgan fingerprint density at radius 2 is 2.50 bits per heavy atom. The highest BCUT2D eigenvalue weighted by Gasteiger charge is 2.24. The van der Waals surface area contributed by atoms with Crippen LogP contribution in [0.15, 0.2) is 30.2 Å². The third-order valence-electron chi connectivity index (χ3n) is 2.26. The molecule has 16 heavy (non-hydrogen) atoms. The van der Waals surface area contributed by atoms with Crippen molar-refractivity contribution >= 4 is 17.2 Å². The van der Waals surface area contributed by atoms with Crippen molar-refractivity contribution < 1.29 is 9.90 Å². The van der Waals surface area contributed by atoms with E-state index >= 15 is 0 Å². The monoisotopic (exact) mass is 239 g/mol. The largest absolute Gasteiger partial charge is 0.383 e. The van der Waals surface area contributed by atoms with E-state index in [2.05, 4.69) is 11.9 Å². The van der Waals surface area contributed by atoms with Gasteiger partial charge in [0.1, 0.15) is 5.60 Å². The predicted octanol–water partition coefficient (Wildman–Crippen LogP) is 2.04. The van der Waals surface area contributed by atoms with Gasteiger partial charge in [-0.05, 0) is 24.8 Å². The SMILES string of the molecule is C=CCCC(=O)NCC(C)(O)c1cccs1. The van der Waals surface area contributed by atoms with Crippen LogP contribution in [0.4, 0.5) is 0 Å². The third-order valence-corrected chi connectivity index (χ3v) is 3.38. The Morgan fingerprint density at radius 3 is 3.06 bits per heavy atom. The van der Waals surface area contributed by atoms with Gasteiger partial charge in [-0.25, -0.2) is 0 Å². The first kappa shape index (κ1) is 12.9. The Bertz CT molecular complexity index is 344. The Hall–Kier alpha value is -1.13. The molecule has 0 fully saturated rings. The number of rotatable bonds is 6. The van der Waals surface area contributed by atoms with Gasteiger partial charge in [0.05, 0.1) is 6.54 Å². The van der Waals surface area contributed by atoms with Crippen molar-refractivity contribution in [1.29, 1.82) is 0 Å². The Morgan fingerprint density at radius 1 is 1.75 bits per heavy atom. The van der Waals surface area contributed by atoms with Crippen LogP contribution in [0.1, 0.15) is 24.6 Å². The summed E-state index contributed by atoms with van der Waals surface area (Å²) >= 11 is 1.48. The fraction of sp³-hybridized carbons (Fsp3) is 0.417. The molecule has 1 unspecified atom stereocenters. The van der Waals surface area contributed by atoms with Gasteiger partial charge < -0.3 is 10.4 Å². The van der Waals surface area contributed by atoms with Gasteiger partial charge in [0.2, 0.25) is 5.91 Å². The van der Waals surface area contributed by atoms with Crippen LogP contribution in [-0.2, 0) is 10.4 Å². The average Bonchev–Trinajstić information content (AvgIpc) is 2.77. The van der Waals surface area contributed by atoms with Crippen molar-refractivity contribution in [3.05, 3.63) is 35.0 Å². The summed E-state index contributed by atoms with van der Waals surface area (Å²) in [5, 5.41) is 14.7. The fourth-order valence-electron chi connectivity index (χ4n) is 1.26. The lowest BCUT2D eigenvalue weighted by Gasteiger charge is -2.22. The molecule has 0 aliphatic carbocycles. The van der Waals surface area contributed by atoms with Gasteiger partial charge in [0.15, 0.2) is 0 Å². The zero-order valence-electron chi connectivity index (χ0n) is 9.40. The van der Waals surface area contributed by atoms with E-state index in [0.29, 0.717) is 12.8 Å². The van der Waals surface area contributed by atoms with Crippen LogP contribution in [0.5, 0.6) is 0 Å². The van der Waals surface area contributed by atoms with E-state index in [9.17, 15) is 9.90 Å². The van der Waals surface area contributed by atoms with Crippen LogP contribution >= 0.6 is 11.3 Å². The molecule has 0 spiro atoms. The molecule has 0 aromatic carbocycles. The van der Waals surface area contributed by atoms with Crippen molar-refractivity contribution in [2.24, 2.45) is 0 Å². The minimum Gasteiger partial charge on any atom is -0.383 e. The molecule has 1 heterocycles. The number of carbonyl (C=O) groups excluding carboxylic acids is 1. The van der Waals surface area contributed by atoms with Crippen molar-refractivity contribution in [3.63, 3.8) is 0 Å². The summed E-state index contributed by atoms with van der Waals surface area (Å²) in [5.74, 6) is -0.0586. The summed E-state index contributed by atoms with van der Waals surface area (Å²) in [5.41, 5.74) is -0.988. The lowest BCUT2D eigenvalue weighted by molar-refractivity contribution is -0.122. The van der Waals surface area contributed by atoms with E-state index in [0.717, 1.165) is 4.88 Å². The second-order valence-corrected chi connectivity index (χ2v) is 4.80. The molecule has 0 bridgehead atoms. The fourth-order valence-corrected chi connectivity index (χ4v) is 2.05. The maximum atomic E-state index is 11.4. The molecule has 1 rings (SSSR count). The summed E-state index contributed by atoms with van der Waals surface area (Å²) in [6.45, 7) is 5.50. The van der Waals surface area contributed by atoms with Gasteiger partial charge in [-0.2, -0.15) is 0 Å². The smallest absolute Gasteiger partial charge is 0.220 e. The molecule has 0 saturated heterocycles. The van der Waals surface area contributed by atoms with Gasteiger partial charge in [-0.1, -0.05) is 12.1 Å². The van der Waals surface area contributed by atoms with Gasteiger partial charge in [-0.3, -0.25) is 4.79 Å². The summed E-state index contributed by atoms with van der Waals surface area (Å²) < 4.78 is 0. The molecule has 4 heteroatoms. The normalized spacial score (nSPS) is 14.1. The molecule has 2 N–H and O–H groups in total. The van der Waals surface area contributed by atoms with Crippen molar-refractivity contribution in [3.8, 4) is 0 Å². The highest BCUT2D eigenvalue weighted by molar-refractivity contribution is 7.10. The maximum Gasteiger partial charge on any atom is 0.220 e. The van der Waals surface area contributed by atoms with Crippen molar-refractivity contribution in [2.45, 2.75) is 25.4 Å². The predicted molar refractivity (Wildman–Crippen MR) is 66.3 cm³/mol. The number of carbonyl (C=O) groups is 1. The molecule has 1 aromatic heterocycles. The van der Waals surface area contributed by atoms with E-state index in [1.165, 1.54) is 11.3 Å². The quantitative estimate of drug-likeness (QED) is 0.746. The molecule has 0 radical (unpaired) electrons. The molecule has 3 nitrogen and oxygen atoms in total. The number of hydrogen-bond acceptors (Lipinski definition) is 3. The van der Waals surface area contributed by atoms with Crippen LogP contribution in [-0.4, -0.2) is 17.6 Å². The van der Waals surface area contributed by atoms with Gasteiger partial charge in [0.25, 0.3) is 0 Å². The van der Waals surface area contributed by atoms with Crippen molar-refractivity contribution in [1.82, 2.24) is 5.32 Å². The number of allylic oxidation sites excluding steroid dienone is 1. The summed E-state index contributed by atoms with van der Waals surface area (Å²) in [7, 11) is 0. The molecule has 88 valence electrons. The topological polar surface area (TPSA) is 49.3 Å². The van der Waals surface area contributed by atoms with Crippen LogP contribution < -0.4 is 5.32 Å². The second kappa shape index (κ2) is 5.82. The third kappa shape index (κ3) is 3.79. The zero-order valence-corrected chi connectivity index (χ0v) is 10.2. The minimum absolute atomic E-state index is 0.0586. The first-order valence-corrected chi connectivity index (χ1v) is 6.08. The molecular formula is C12H17NO2S. The van der Waals surface area contributed by atoms with Gasteiger partial charge in [-0.15, -0.1) is 17.9 Å². The number of thiophene rings is 1. The van der Waals surface area contributed by atoms with Gasteiger partial charge in [0, 0.05) is 11.3 Å². The second-order valence-electron chi connectivity index (χ2n) is 3.86. The zero-order chi connectivity index (χ0) is 12.0. The molecule has 1 atom stereocenters. The standard InChI is InChI=1S/C12H17NO2S/c1-3-4-7-11(14)13-9-12(2,15)10-6-5-8-16-10/h3,5-6,8,15H,1,4,7,9H2,2H3,(H,13,14). The highest BCUT2D eigenvalue weighted by atomic mass is 32.1. The molecule has 0 aliphatic rings. The number of nitrogens with one attached hydrogen (secondary N) is 1. The van der Waals surface area contributed by atoms with Crippen molar-refractivity contribution in [2.75, 3.05) is 6.54 Å². The summed E-state index contributed by atoms with van der Waals surface area (Å²) in [4.78, 5) is 12.2. The van der Waals surface area contributed by atoms with Crippen LogP contribution in [0.25, 0.3) is 0 Å². The molecule has 0 saturated carbocycles. The van der Waals surface area contributed by atoms with E-state index in [4.69, 9.17) is 0 Å². The number of hydrogen-bond donors (Lipinski definition) is 2. The minimum atomic E-state index is -0.988. The van der Waals surface area contributed by atoms with Crippen LogP contribution in [0.2, 0.25) is 0 Å². The molecular weight excluding hydrogens is 222 g/mol. The number of amides is 1. The van der Waals surface area contributed by atoms with E-state index in [1.54, 1.807) is 13.0 Å². The van der Waals surface area contributed by atoms with E-state index < -0.39 is 5.60 Å². The molecule has 1 aromatic rings. The molecule has 1 amide bonds. The lowest BCUT2D eigenvalue weighted by Crippen LogP contribution is -2.37. The Kier molecular flexibility index (Phi) is 4.71.